The minimum absolute atomic E-state index is 0.225. The third-order valence-electron chi connectivity index (χ3n) is 1.78. The van der Waals surface area contributed by atoms with Gasteiger partial charge in [0.05, 0.1) is 0 Å². The Balaban J connectivity index is 2.55. The van der Waals surface area contributed by atoms with E-state index in [1.54, 1.807) is 6.20 Å². The fourth-order valence-electron chi connectivity index (χ4n) is 1.14. The van der Waals surface area contributed by atoms with Gasteiger partial charge in [-0.1, -0.05) is 0 Å². The van der Waals surface area contributed by atoms with Crippen molar-refractivity contribution in [3.63, 3.8) is 0 Å². The van der Waals surface area contributed by atoms with Crippen molar-refractivity contribution in [3.05, 3.63) is 40.9 Å². The molecule has 0 fully saturated rings. The zero-order valence-corrected chi connectivity index (χ0v) is 8.24. The molecule has 1 nitrogen and oxygen atoms in total. The summed E-state index contributed by atoms with van der Waals surface area (Å²) in [7, 11) is 0. The summed E-state index contributed by atoms with van der Waals surface area (Å²) in [6.45, 7) is 1.87. The molecular formula is C10H7F2NS. The van der Waals surface area contributed by atoms with Gasteiger partial charge in [0.15, 0.2) is 0 Å². The number of halogens is 2. The summed E-state index contributed by atoms with van der Waals surface area (Å²) >= 11 is 1.35. The lowest BCUT2D eigenvalue weighted by atomic mass is 10.2. The highest BCUT2D eigenvalue weighted by molar-refractivity contribution is 7.14. The van der Waals surface area contributed by atoms with Crippen LogP contribution >= 0.6 is 11.3 Å². The van der Waals surface area contributed by atoms with Gasteiger partial charge in [0.1, 0.15) is 16.6 Å². The van der Waals surface area contributed by atoms with Gasteiger partial charge in [-0.25, -0.2) is 13.8 Å². The van der Waals surface area contributed by atoms with E-state index in [0.29, 0.717) is 5.01 Å². The molecule has 1 aromatic carbocycles. The molecule has 0 amide bonds. The summed E-state index contributed by atoms with van der Waals surface area (Å²) in [5.74, 6) is -0.894. The molecule has 0 aliphatic rings. The van der Waals surface area contributed by atoms with E-state index in [4.69, 9.17) is 0 Å². The summed E-state index contributed by atoms with van der Waals surface area (Å²) in [5.41, 5.74) is 0.225. The molecule has 4 heteroatoms. The summed E-state index contributed by atoms with van der Waals surface area (Å²) < 4.78 is 26.1. The smallest absolute Gasteiger partial charge is 0.133 e. The van der Waals surface area contributed by atoms with Crippen molar-refractivity contribution >= 4 is 11.3 Å². The number of benzene rings is 1. The molecule has 0 unspecified atom stereocenters. The van der Waals surface area contributed by atoms with Crippen molar-refractivity contribution in [2.24, 2.45) is 0 Å². The fourth-order valence-corrected chi connectivity index (χ4v) is 1.92. The van der Waals surface area contributed by atoms with Crippen LogP contribution < -0.4 is 0 Å². The minimum atomic E-state index is -0.450. The second-order valence-electron chi connectivity index (χ2n) is 2.90. The van der Waals surface area contributed by atoms with Crippen LogP contribution in [0.1, 0.15) is 4.88 Å². The zero-order chi connectivity index (χ0) is 10.1. The molecule has 1 aromatic heterocycles. The highest BCUT2D eigenvalue weighted by atomic mass is 32.1. The second-order valence-corrected chi connectivity index (χ2v) is 4.14. The minimum Gasteiger partial charge on any atom is -0.244 e. The average Bonchev–Trinajstić information content (AvgIpc) is 2.56. The molecule has 0 radical (unpaired) electrons. The van der Waals surface area contributed by atoms with Crippen LogP contribution in [0, 0.1) is 18.6 Å². The van der Waals surface area contributed by atoms with Gasteiger partial charge in [0.2, 0.25) is 0 Å². The van der Waals surface area contributed by atoms with Crippen molar-refractivity contribution in [2.75, 3.05) is 0 Å². The Kier molecular flexibility index (Phi) is 2.29. The second kappa shape index (κ2) is 3.46. The first-order valence-electron chi connectivity index (χ1n) is 4.04. The lowest BCUT2D eigenvalue weighted by molar-refractivity contribution is 0.603. The largest absolute Gasteiger partial charge is 0.244 e. The van der Waals surface area contributed by atoms with E-state index in [1.165, 1.54) is 11.3 Å². The molecule has 0 aliphatic heterocycles. The van der Waals surface area contributed by atoms with Crippen molar-refractivity contribution in [1.82, 2.24) is 4.98 Å². The number of nitrogens with zero attached hydrogens (tertiary/aromatic N) is 1. The van der Waals surface area contributed by atoms with Crippen LogP contribution in [0.2, 0.25) is 0 Å². The van der Waals surface area contributed by atoms with E-state index < -0.39 is 11.6 Å². The standard InChI is InChI=1S/C10H7F2NS/c1-6-5-13-10(14-6)8-4-7(11)2-3-9(8)12/h2-5H,1H3. The molecule has 14 heavy (non-hydrogen) atoms. The van der Waals surface area contributed by atoms with Gasteiger partial charge >= 0.3 is 0 Å². The number of hydrogen-bond donors (Lipinski definition) is 0. The Morgan fingerprint density at radius 2 is 2.07 bits per heavy atom. The van der Waals surface area contributed by atoms with Gasteiger partial charge in [-0.2, -0.15) is 0 Å². The highest BCUT2D eigenvalue weighted by Crippen LogP contribution is 2.27. The van der Waals surface area contributed by atoms with Crippen LogP contribution in [0.5, 0.6) is 0 Å². The summed E-state index contributed by atoms with van der Waals surface area (Å²) in [4.78, 5) is 4.98. The average molecular weight is 211 g/mol. The quantitative estimate of drug-likeness (QED) is 0.704. The van der Waals surface area contributed by atoms with E-state index in [-0.39, 0.29) is 5.56 Å². The van der Waals surface area contributed by atoms with Gasteiger partial charge in [-0.3, -0.25) is 0 Å². The van der Waals surface area contributed by atoms with E-state index in [1.807, 2.05) is 6.92 Å². The maximum atomic E-state index is 13.3. The Morgan fingerprint density at radius 1 is 1.29 bits per heavy atom. The van der Waals surface area contributed by atoms with E-state index in [2.05, 4.69) is 4.98 Å². The molecule has 72 valence electrons. The van der Waals surface area contributed by atoms with Crippen LogP contribution in [0.4, 0.5) is 8.78 Å². The van der Waals surface area contributed by atoms with E-state index in [0.717, 1.165) is 23.1 Å². The highest BCUT2D eigenvalue weighted by Gasteiger charge is 2.09. The molecule has 1 heterocycles. The van der Waals surface area contributed by atoms with E-state index >= 15 is 0 Å². The first kappa shape index (κ1) is 9.27. The fraction of sp³-hybridized carbons (Fsp3) is 0.100. The Morgan fingerprint density at radius 3 is 2.71 bits per heavy atom. The van der Waals surface area contributed by atoms with E-state index in [9.17, 15) is 8.78 Å². The zero-order valence-electron chi connectivity index (χ0n) is 7.42. The van der Waals surface area contributed by atoms with Crippen LogP contribution in [-0.2, 0) is 0 Å². The predicted octanol–water partition coefficient (Wildman–Crippen LogP) is 3.40. The topological polar surface area (TPSA) is 12.9 Å². The molecular weight excluding hydrogens is 204 g/mol. The van der Waals surface area contributed by atoms with Crippen LogP contribution in [0.25, 0.3) is 10.6 Å². The maximum absolute atomic E-state index is 13.3. The number of thiazole rings is 1. The Hall–Kier alpha value is -1.29. The number of aromatic nitrogens is 1. The molecule has 0 atom stereocenters. The van der Waals surface area contributed by atoms with Crippen LogP contribution in [0.3, 0.4) is 0 Å². The normalized spacial score (nSPS) is 10.5. The molecule has 0 spiro atoms. The SMILES string of the molecule is Cc1cnc(-c2cc(F)ccc2F)s1. The molecule has 0 bridgehead atoms. The van der Waals surface area contributed by atoms with Crippen LogP contribution in [0.15, 0.2) is 24.4 Å². The summed E-state index contributed by atoms with van der Waals surface area (Å²) in [6.07, 6.45) is 1.64. The van der Waals surface area contributed by atoms with Crippen molar-refractivity contribution in [1.29, 1.82) is 0 Å². The number of rotatable bonds is 1. The van der Waals surface area contributed by atoms with Gasteiger partial charge in [-0.05, 0) is 25.1 Å². The monoisotopic (exact) mass is 211 g/mol. The van der Waals surface area contributed by atoms with Crippen molar-refractivity contribution in [2.45, 2.75) is 6.92 Å². The summed E-state index contributed by atoms with van der Waals surface area (Å²) in [5, 5.41) is 0.513. The van der Waals surface area contributed by atoms with Crippen molar-refractivity contribution in [3.8, 4) is 10.6 Å². The third kappa shape index (κ3) is 1.65. The first-order chi connectivity index (χ1) is 6.66. The molecule has 0 N–H and O–H groups in total. The van der Waals surface area contributed by atoms with Crippen molar-refractivity contribution < 1.29 is 8.78 Å². The molecule has 0 saturated heterocycles. The van der Waals surface area contributed by atoms with Crippen LogP contribution in [-0.4, -0.2) is 4.98 Å². The lowest BCUT2D eigenvalue weighted by Crippen LogP contribution is -1.84. The maximum Gasteiger partial charge on any atom is 0.133 e. The molecule has 0 saturated carbocycles. The lowest BCUT2D eigenvalue weighted by Gasteiger charge is -1.98. The molecule has 2 rings (SSSR count). The van der Waals surface area contributed by atoms with Gasteiger partial charge in [0, 0.05) is 16.6 Å². The molecule has 2 aromatic rings. The third-order valence-corrected chi connectivity index (χ3v) is 2.73. The Bertz CT molecular complexity index is 465. The predicted molar refractivity (Wildman–Crippen MR) is 52.2 cm³/mol. The number of hydrogen-bond acceptors (Lipinski definition) is 2. The van der Waals surface area contributed by atoms with Gasteiger partial charge < -0.3 is 0 Å². The van der Waals surface area contributed by atoms with Gasteiger partial charge in [0.25, 0.3) is 0 Å². The van der Waals surface area contributed by atoms with Gasteiger partial charge in [-0.15, -0.1) is 11.3 Å². The molecule has 0 aliphatic carbocycles. The first-order valence-corrected chi connectivity index (χ1v) is 4.86. The Labute approximate surface area is 84.0 Å². The number of aryl methyl sites for hydroxylation is 1. The summed E-state index contributed by atoms with van der Waals surface area (Å²) in [6, 6.07) is 3.37.